The quantitative estimate of drug-likeness (QED) is 0.359. The number of carbonyl (C=O) groups is 2. The zero-order chi connectivity index (χ0) is 21.2. The third-order valence-corrected chi connectivity index (χ3v) is 3.83. The summed E-state index contributed by atoms with van der Waals surface area (Å²) in [5.41, 5.74) is 0.960. The molecule has 0 spiro atoms. The Morgan fingerprint density at radius 1 is 0.931 bits per heavy atom. The molecule has 152 valence electrons. The van der Waals surface area contributed by atoms with Crippen molar-refractivity contribution < 1.29 is 34.0 Å². The lowest BCUT2D eigenvalue weighted by Crippen LogP contribution is -2.02. The first kappa shape index (κ1) is 21.7. The Hall–Kier alpha value is -3.58. The second kappa shape index (κ2) is 10.7. The molecule has 7 heteroatoms. The van der Waals surface area contributed by atoms with Gasteiger partial charge in [0.15, 0.2) is 29.9 Å². The first-order valence-corrected chi connectivity index (χ1v) is 8.67. The second-order valence-corrected chi connectivity index (χ2v) is 5.95. The van der Waals surface area contributed by atoms with E-state index < -0.39 is 5.78 Å². The summed E-state index contributed by atoms with van der Waals surface area (Å²) < 4.78 is 15.2. The van der Waals surface area contributed by atoms with Gasteiger partial charge >= 0.3 is 0 Å². The van der Waals surface area contributed by atoms with Gasteiger partial charge in [0.25, 0.3) is 0 Å². The van der Waals surface area contributed by atoms with E-state index in [0.29, 0.717) is 16.9 Å². The van der Waals surface area contributed by atoms with Crippen LogP contribution in [0.3, 0.4) is 0 Å². The minimum Gasteiger partial charge on any atom is -0.507 e. The highest BCUT2D eigenvalue weighted by atomic mass is 16.7. The van der Waals surface area contributed by atoms with Crippen molar-refractivity contribution >= 4 is 23.7 Å². The number of benzene rings is 2. The van der Waals surface area contributed by atoms with Crippen molar-refractivity contribution in [3.05, 3.63) is 59.7 Å². The number of allylic oxidation sites excluding steroid dienone is 2. The van der Waals surface area contributed by atoms with Crippen LogP contribution in [0, 0.1) is 0 Å². The van der Waals surface area contributed by atoms with E-state index in [-0.39, 0.29) is 36.2 Å². The number of hydrogen-bond donors (Lipinski definition) is 2. The van der Waals surface area contributed by atoms with Gasteiger partial charge in [-0.15, -0.1) is 0 Å². The van der Waals surface area contributed by atoms with Gasteiger partial charge in [-0.3, -0.25) is 9.59 Å². The maximum atomic E-state index is 12.1. The van der Waals surface area contributed by atoms with E-state index in [4.69, 9.17) is 14.2 Å². The molecule has 0 radical (unpaired) electrons. The summed E-state index contributed by atoms with van der Waals surface area (Å²) in [6.45, 7) is -0.0104. The van der Waals surface area contributed by atoms with Crippen molar-refractivity contribution in [1.29, 1.82) is 0 Å². The molecule has 0 amide bonds. The summed E-state index contributed by atoms with van der Waals surface area (Å²) in [6, 6.07) is 9.33. The lowest BCUT2D eigenvalue weighted by atomic mass is 10.1. The molecule has 0 saturated heterocycles. The molecule has 0 aliphatic rings. The van der Waals surface area contributed by atoms with Crippen LogP contribution in [0.2, 0.25) is 0 Å². The Balaban J connectivity index is 2.01. The highest BCUT2D eigenvalue weighted by Gasteiger charge is 2.09. The summed E-state index contributed by atoms with van der Waals surface area (Å²) in [4.78, 5) is 24.1. The van der Waals surface area contributed by atoms with Crippen molar-refractivity contribution in [2.45, 2.75) is 6.42 Å². The first-order valence-electron chi connectivity index (χ1n) is 8.67. The van der Waals surface area contributed by atoms with Crippen LogP contribution in [-0.2, 0) is 14.3 Å². The molecular weight excluding hydrogens is 376 g/mol. The monoisotopic (exact) mass is 398 g/mol. The van der Waals surface area contributed by atoms with Gasteiger partial charge in [0.05, 0.1) is 19.1 Å². The third-order valence-electron chi connectivity index (χ3n) is 3.83. The van der Waals surface area contributed by atoms with Gasteiger partial charge in [0.1, 0.15) is 11.5 Å². The van der Waals surface area contributed by atoms with Gasteiger partial charge < -0.3 is 24.4 Å². The lowest BCUT2D eigenvalue weighted by Gasteiger charge is -2.09. The molecular formula is C22H22O7. The number of phenols is 2. The highest BCUT2D eigenvalue weighted by Crippen LogP contribution is 2.29. The number of hydrogen-bond acceptors (Lipinski definition) is 7. The van der Waals surface area contributed by atoms with Crippen LogP contribution >= 0.6 is 0 Å². The topological polar surface area (TPSA) is 102 Å². The van der Waals surface area contributed by atoms with Crippen LogP contribution < -0.4 is 9.47 Å². The molecule has 0 aliphatic carbocycles. The molecule has 0 unspecified atom stereocenters. The molecule has 2 aromatic rings. The average Bonchev–Trinajstić information content (AvgIpc) is 2.70. The smallest absolute Gasteiger partial charge is 0.188 e. The van der Waals surface area contributed by atoms with Gasteiger partial charge in [-0.1, -0.05) is 18.2 Å². The molecule has 2 N–H and O–H groups in total. The minimum absolute atomic E-state index is 0.00527. The van der Waals surface area contributed by atoms with Crippen LogP contribution in [0.1, 0.15) is 17.5 Å². The number of aromatic hydroxyl groups is 2. The molecule has 0 heterocycles. The van der Waals surface area contributed by atoms with Gasteiger partial charge in [-0.25, -0.2) is 0 Å². The van der Waals surface area contributed by atoms with E-state index in [1.807, 2.05) is 0 Å². The number of carbonyl (C=O) groups excluding carboxylic acids is 2. The standard InChI is InChI=1S/C22H22O7/c1-27-14-29-21-5-3-4-19(25)18(21)10-9-17(24)13-16(23)8-6-15-7-11-20(26)22(12-15)28-2/h3-12,25-26H,13-14H2,1-2H3. The van der Waals surface area contributed by atoms with Gasteiger partial charge in [0.2, 0.25) is 0 Å². The van der Waals surface area contributed by atoms with Crippen molar-refractivity contribution in [3.8, 4) is 23.0 Å². The predicted octanol–water partition coefficient (Wildman–Crippen LogP) is 3.34. The van der Waals surface area contributed by atoms with Crippen LogP contribution in [0.5, 0.6) is 23.0 Å². The predicted molar refractivity (Wildman–Crippen MR) is 108 cm³/mol. The number of methoxy groups -OCH3 is 2. The van der Waals surface area contributed by atoms with Gasteiger partial charge in [-0.2, -0.15) is 0 Å². The molecule has 0 aromatic heterocycles. The summed E-state index contributed by atoms with van der Waals surface area (Å²) in [5, 5.41) is 19.5. The SMILES string of the molecule is COCOc1cccc(O)c1C=CC(=O)CC(=O)C=Cc1ccc(O)c(OC)c1. The lowest BCUT2D eigenvalue weighted by molar-refractivity contribution is -0.121. The van der Waals surface area contributed by atoms with Crippen LogP contribution in [0.15, 0.2) is 48.6 Å². The van der Waals surface area contributed by atoms with E-state index in [0.717, 1.165) is 0 Å². The molecule has 0 aliphatic heterocycles. The fourth-order valence-corrected chi connectivity index (χ4v) is 2.40. The van der Waals surface area contributed by atoms with Crippen LogP contribution in [-0.4, -0.2) is 42.8 Å². The molecule has 0 fully saturated rings. The molecule has 2 rings (SSSR count). The van der Waals surface area contributed by atoms with Crippen LogP contribution in [0.25, 0.3) is 12.2 Å². The number of ketones is 2. The average molecular weight is 398 g/mol. The fourth-order valence-electron chi connectivity index (χ4n) is 2.40. The van der Waals surface area contributed by atoms with E-state index in [9.17, 15) is 19.8 Å². The molecule has 7 nitrogen and oxygen atoms in total. The number of rotatable bonds is 10. The maximum Gasteiger partial charge on any atom is 0.188 e. The number of ether oxygens (including phenoxy) is 3. The molecule has 2 aromatic carbocycles. The fraction of sp³-hybridized carbons (Fsp3) is 0.182. The van der Waals surface area contributed by atoms with Crippen LogP contribution in [0.4, 0.5) is 0 Å². The number of phenolic OH excluding ortho intramolecular Hbond substituents is 2. The largest absolute Gasteiger partial charge is 0.507 e. The summed E-state index contributed by atoms with van der Waals surface area (Å²) >= 11 is 0. The highest BCUT2D eigenvalue weighted by molar-refractivity contribution is 6.11. The Kier molecular flexibility index (Phi) is 8.00. The van der Waals surface area contributed by atoms with Crippen molar-refractivity contribution in [3.63, 3.8) is 0 Å². The molecule has 0 saturated carbocycles. The van der Waals surface area contributed by atoms with Crippen molar-refractivity contribution in [1.82, 2.24) is 0 Å². The second-order valence-electron chi connectivity index (χ2n) is 5.95. The van der Waals surface area contributed by atoms with E-state index in [1.165, 1.54) is 50.7 Å². The molecule has 0 bridgehead atoms. The van der Waals surface area contributed by atoms with Crippen molar-refractivity contribution in [2.24, 2.45) is 0 Å². The Bertz CT molecular complexity index is 929. The first-order chi connectivity index (χ1) is 13.9. The normalized spacial score (nSPS) is 11.1. The Labute approximate surface area is 168 Å². The Morgan fingerprint density at radius 2 is 1.66 bits per heavy atom. The van der Waals surface area contributed by atoms with E-state index in [1.54, 1.807) is 24.3 Å². The zero-order valence-electron chi connectivity index (χ0n) is 16.1. The summed E-state index contributed by atoms with van der Waals surface area (Å²) in [7, 11) is 2.89. The van der Waals surface area contributed by atoms with Crippen molar-refractivity contribution in [2.75, 3.05) is 21.0 Å². The van der Waals surface area contributed by atoms with E-state index in [2.05, 4.69) is 0 Å². The Morgan fingerprint density at radius 3 is 2.34 bits per heavy atom. The zero-order valence-corrected chi connectivity index (χ0v) is 16.1. The van der Waals surface area contributed by atoms with Gasteiger partial charge in [0, 0.05) is 7.11 Å². The summed E-state index contributed by atoms with van der Waals surface area (Å²) in [5.74, 6) is -0.246. The minimum atomic E-state index is -0.427. The maximum absolute atomic E-state index is 12.1. The van der Waals surface area contributed by atoms with E-state index >= 15 is 0 Å². The van der Waals surface area contributed by atoms with Gasteiger partial charge in [-0.05, 0) is 48.1 Å². The molecule has 0 atom stereocenters. The molecule has 29 heavy (non-hydrogen) atoms. The summed E-state index contributed by atoms with van der Waals surface area (Å²) in [6.07, 6.45) is 5.09. The third kappa shape index (κ3) is 6.51.